The number of carbonyl (C=O) groups excluding carboxylic acids is 1. The average Bonchev–Trinajstić information content (AvgIpc) is 2.79. The number of aryl methyl sites for hydroxylation is 1. The van der Waals surface area contributed by atoms with Crippen LogP contribution < -0.4 is 5.32 Å². The molecule has 0 bridgehead atoms. The molecule has 8 nitrogen and oxygen atoms in total. The van der Waals surface area contributed by atoms with Gasteiger partial charge in [-0.2, -0.15) is 5.10 Å². The molecule has 1 aromatic rings. The van der Waals surface area contributed by atoms with Gasteiger partial charge in [-0.05, 0) is 20.8 Å². The van der Waals surface area contributed by atoms with Crippen LogP contribution >= 0.6 is 0 Å². The van der Waals surface area contributed by atoms with Crippen molar-refractivity contribution >= 4 is 11.9 Å². The van der Waals surface area contributed by atoms with E-state index in [1.54, 1.807) is 4.68 Å². The molecule has 0 spiro atoms. The van der Waals surface area contributed by atoms with Gasteiger partial charge in [0.25, 0.3) is 0 Å². The molecule has 1 fully saturated rings. The largest absolute Gasteiger partial charge is 0.444 e. The highest BCUT2D eigenvalue weighted by Gasteiger charge is 2.20. The van der Waals surface area contributed by atoms with Gasteiger partial charge in [0, 0.05) is 52.4 Å². The summed E-state index contributed by atoms with van der Waals surface area (Å²) in [4.78, 5) is 16.4. The number of aliphatic hydroxyl groups excluding tert-OH is 1. The number of β-amino-alcohol motifs (C(OH)–C–C–N with tert-alkyl or cyclic N) is 1. The highest BCUT2D eigenvalue weighted by Crippen LogP contribution is 2.14. The lowest BCUT2D eigenvalue weighted by atomic mass is 10.2. The van der Waals surface area contributed by atoms with Gasteiger partial charge in [0.1, 0.15) is 5.60 Å². The molecule has 0 aliphatic carbocycles. The molecule has 8 heteroatoms. The minimum atomic E-state index is -0.532. The molecule has 1 aliphatic heterocycles. The number of nitrogens with zero attached hydrogens (tertiary/aromatic N) is 4. The van der Waals surface area contributed by atoms with Crippen LogP contribution in [0.1, 0.15) is 26.5 Å². The number of anilines is 1. The van der Waals surface area contributed by atoms with Gasteiger partial charge in [-0.3, -0.25) is 19.8 Å². The van der Waals surface area contributed by atoms with Crippen molar-refractivity contribution < 1.29 is 14.6 Å². The topological polar surface area (TPSA) is 82.9 Å². The summed E-state index contributed by atoms with van der Waals surface area (Å²) in [6, 6.07) is 1.88. The molecule has 136 valence electrons. The quantitative estimate of drug-likeness (QED) is 0.829. The predicted octanol–water partition coefficient (Wildman–Crippen LogP) is 0.877. The second kappa shape index (κ2) is 7.96. The number of ether oxygens (including phenoxy) is 1. The van der Waals surface area contributed by atoms with Crippen molar-refractivity contribution in [3.63, 3.8) is 0 Å². The molecule has 0 saturated carbocycles. The van der Waals surface area contributed by atoms with Gasteiger partial charge in [0.15, 0.2) is 5.82 Å². The molecule has 0 unspecified atom stereocenters. The zero-order chi connectivity index (χ0) is 17.7. The van der Waals surface area contributed by atoms with Crippen LogP contribution in [0.2, 0.25) is 0 Å². The number of nitrogens with one attached hydrogen (secondary N) is 1. The standard InChI is InChI=1S/C16H29N5O3/c1-16(2,3)24-15(23)17-14-11-13(19(4)18-14)12-21-7-5-20(6-8-21)9-10-22/h11,22H,5-10,12H2,1-4H3,(H,17,18,23). The Morgan fingerprint density at radius 2 is 1.92 bits per heavy atom. The van der Waals surface area contributed by atoms with E-state index in [0.29, 0.717) is 5.82 Å². The van der Waals surface area contributed by atoms with E-state index in [-0.39, 0.29) is 6.61 Å². The molecule has 1 saturated heterocycles. The lowest BCUT2D eigenvalue weighted by Gasteiger charge is -2.34. The third-order valence-electron chi connectivity index (χ3n) is 3.87. The smallest absolute Gasteiger partial charge is 0.413 e. The maximum atomic E-state index is 11.8. The summed E-state index contributed by atoms with van der Waals surface area (Å²) in [7, 11) is 1.87. The first-order valence-corrected chi connectivity index (χ1v) is 8.35. The van der Waals surface area contributed by atoms with E-state index in [9.17, 15) is 4.79 Å². The number of piperazine rings is 1. The van der Waals surface area contributed by atoms with E-state index in [0.717, 1.165) is 45.0 Å². The maximum Gasteiger partial charge on any atom is 0.413 e. The van der Waals surface area contributed by atoms with Gasteiger partial charge >= 0.3 is 6.09 Å². The number of hydrogen-bond donors (Lipinski definition) is 2. The van der Waals surface area contributed by atoms with E-state index in [1.165, 1.54) is 0 Å². The molecule has 1 aliphatic rings. The van der Waals surface area contributed by atoms with E-state index in [2.05, 4.69) is 20.2 Å². The average molecular weight is 339 g/mol. The van der Waals surface area contributed by atoms with Gasteiger partial charge in [0.2, 0.25) is 0 Å². The Morgan fingerprint density at radius 3 is 2.50 bits per heavy atom. The summed E-state index contributed by atoms with van der Waals surface area (Å²) < 4.78 is 7.02. The van der Waals surface area contributed by atoms with Crippen LogP contribution in [0, 0.1) is 0 Å². The van der Waals surface area contributed by atoms with E-state index < -0.39 is 11.7 Å². The Morgan fingerprint density at radius 1 is 1.29 bits per heavy atom. The van der Waals surface area contributed by atoms with E-state index in [1.807, 2.05) is 33.9 Å². The highest BCUT2D eigenvalue weighted by atomic mass is 16.6. The maximum absolute atomic E-state index is 11.8. The van der Waals surface area contributed by atoms with Crippen molar-refractivity contribution in [2.45, 2.75) is 32.9 Å². The first-order valence-electron chi connectivity index (χ1n) is 8.35. The molecule has 2 rings (SSSR count). The number of rotatable bonds is 5. The van der Waals surface area contributed by atoms with Gasteiger partial charge in [-0.1, -0.05) is 0 Å². The molecule has 2 N–H and O–H groups in total. The normalized spacial score (nSPS) is 17.0. The minimum absolute atomic E-state index is 0.210. The zero-order valence-corrected chi connectivity index (χ0v) is 15.1. The number of aromatic nitrogens is 2. The molecule has 0 radical (unpaired) electrons. The molecular formula is C16H29N5O3. The molecular weight excluding hydrogens is 310 g/mol. The van der Waals surface area contributed by atoms with E-state index in [4.69, 9.17) is 9.84 Å². The van der Waals surface area contributed by atoms with Gasteiger partial charge in [-0.15, -0.1) is 0 Å². The summed E-state index contributed by atoms with van der Waals surface area (Å²) in [6.45, 7) is 11.0. The van der Waals surface area contributed by atoms with Crippen LogP contribution in [-0.2, 0) is 18.3 Å². The Hall–Kier alpha value is -1.64. The van der Waals surface area contributed by atoms with Crippen LogP contribution in [-0.4, -0.2) is 75.7 Å². The zero-order valence-electron chi connectivity index (χ0n) is 15.1. The Bertz CT molecular complexity index is 544. The second-order valence-corrected chi connectivity index (χ2v) is 7.11. The lowest BCUT2D eigenvalue weighted by Crippen LogP contribution is -2.46. The van der Waals surface area contributed by atoms with Crippen molar-refractivity contribution in [1.82, 2.24) is 19.6 Å². The third-order valence-corrected chi connectivity index (χ3v) is 3.87. The first-order chi connectivity index (χ1) is 11.3. The van der Waals surface area contributed by atoms with Gasteiger partial charge in [0.05, 0.1) is 12.3 Å². The summed E-state index contributed by atoms with van der Waals surface area (Å²) in [5.74, 6) is 0.501. The summed E-state index contributed by atoms with van der Waals surface area (Å²) in [5.41, 5.74) is 0.507. The Kier molecular flexibility index (Phi) is 6.20. The SMILES string of the molecule is Cn1nc(NC(=O)OC(C)(C)C)cc1CN1CCN(CCO)CC1. The van der Waals surface area contributed by atoms with Crippen molar-refractivity contribution in [2.75, 3.05) is 44.6 Å². The molecule has 0 atom stereocenters. The van der Waals surface area contributed by atoms with Gasteiger partial charge < -0.3 is 9.84 Å². The number of amides is 1. The summed E-state index contributed by atoms with van der Waals surface area (Å²) >= 11 is 0. The third kappa shape index (κ3) is 5.77. The summed E-state index contributed by atoms with van der Waals surface area (Å²) in [6.07, 6.45) is -0.496. The minimum Gasteiger partial charge on any atom is -0.444 e. The molecule has 24 heavy (non-hydrogen) atoms. The lowest BCUT2D eigenvalue weighted by molar-refractivity contribution is 0.0635. The predicted molar refractivity (Wildman–Crippen MR) is 91.9 cm³/mol. The Labute approximate surface area is 143 Å². The summed E-state index contributed by atoms with van der Waals surface area (Å²) in [5, 5.41) is 16.0. The fraction of sp³-hybridized carbons (Fsp3) is 0.750. The van der Waals surface area contributed by atoms with Crippen LogP contribution in [0.25, 0.3) is 0 Å². The fourth-order valence-electron chi connectivity index (χ4n) is 2.66. The Balaban J connectivity index is 1.87. The van der Waals surface area contributed by atoms with Crippen LogP contribution in [0.15, 0.2) is 6.07 Å². The second-order valence-electron chi connectivity index (χ2n) is 7.11. The van der Waals surface area contributed by atoms with Crippen LogP contribution in [0.5, 0.6) is 0 Å². The molecule has 1 amide bonds. The van der Waals surface area contributed by atoms with Crippen LogP contribution in [0.4, 0.5) is 10.6 Å². The van der Waals surface area contributed by atoms with Crippen molar-refractivity contribution in [3.8, 4) is 0 Å². The number of carbonyl (C=O) groups is 1. The van der Waals surface area contributed by atoms with E-state index >= 15 is 0 Å². The highest BCUT2D eigenvalue weighted by molar-refractivity contribution is 5.83. The van der Waals surface area contributed by atoms with Crippen molar-refractivity contribution in [3.05, 3.63) is 11.8 Å². The van der Waals surface area contributed by atoms with Crippen molar-refractivity contribution in [2.24, 2.45) is 7.05 Å². The monoisotopic (exact) mass is 339 g/mol. The first kappa shape index (κ1) is 18.7. The number of aliphatic hydroxyl groups is 1. The molecule has 0 aromatic carbocycles. The van der Waals surface area contributed by atoms with Crippen LogP contribution in [0.3, 0.4) is 0 Å². The molecule has 2 heterocycles. The fourth-order valence-corrected chi connectivity index (χ4v) is 2.66. The molecule has 1 aromatic heterocycles. The van der Waals surface area contributed by atoms with Crippen molar-refractivity contribution in [1.29, 1.82) is 0 Å². The van der Waals surface area contributed by atoms with Gasteiger partial charge in [-0.25, -0.2) is 4.79 Å². The number of hydrogen-bond acceptors (Lipinski definition) is 6.